The third-order valence-corrected chi connectivity index (χ3v) is 4.26. The van der Waals surface area contributed by atoms with Crippen LogP contribution < -0.4 is 29.6 Å². The number of hydrogen-bond donors (Lipinski definition) is 0. The summed E-state index contributed by atoms with van der Waals surface area (Å²) in [5.74, 6) is -19.4. The Bertz CT molecular complexity index is 510. The maximum absolute atomic E-state index is 13.3. The van der Waals surface area contributed by atoms with E-state index >= 15 is 0 Å². The average molecular weight is 416 g/mol. The van der Waals surface area contributed by atoms with Crippen LogP contribution in [0, 0.1) is 0 Å². The summed E-state index contributed by atoms with van der Waals surface area (Å²) >= 11 is 0. The molecule has 3 nitrogen and oxygen atoms in total. The predicted molar refractivity (Wildman–Crippen MR) is 67.5 cm³/mol. The van der Waals surface area contributed by atoms with Crippen molar-refractivity contribution in [3.05, 3.63) is 0 Å². The fourth-order valence-corrected chi connectivity index (χ4v) is 2.30. The van der Waals surface area contributed by atoms with Gasteiger partial charge in [0.1, 0.15) is 0 Å². The molecule has 0 unspecified atom stereocenters. The Kier molecular flexibility index (Phi) is 10.5. The molecule has 0 atom stereocenters. The minimum absolute atomic E-state index is 0. The van der Waals surface area contributed by atoms with Crippen molar-refractivity contribution >= 4 is 10.1 Å². The predicted octanol–water partition coefficient (Wildman–Crippen LogP) is 1.78. The van der Waals surface area contributed by atoms with E-state index in [0.29, 0.717) is 12.8 Å². The summed E-state index contributed by atoms with van der Waals surface area (Å²) in [5.41, 5.74) is 0. The van der Waals surface area contributed by atoms with Gasteiger partial charge in [-0.3, -0.25) is 0 Å². The molecule has 0 radical (unpaired) electrons. The van der Waals surface area contributed by atoms with Crippen molar-refractivity contribution in [3.8, 4) is 0 Å². The second kappa shape index (κ2) is 9.52. The molecule has 0 N–H and O–H groups in total. The van der Waals surface area contributed by atoms with E-state index in [0.717, 1.165) is 12.8 Å². The standard InChI is InChI=1S/C12H18F8O3S.Na/c1-2-3-4-5-6-7-8-9(13,14)10(15,16)11(17,18)12(19,20)24(21,22)23;/h2-8H2,1H3,(H,21,22,23);/q;+1/p-1. The van der Waals surface area contributed by atoms with Crippen molar-refractivity contribution in [1.82, 2.24) is 0 Å². The molecule has 0 fully saturated rings. The zero-order valence-electron chi connectivity index (χ0n) is 13.6. The maximum Gasteiger partial charge on any atom is 1.00 e. The number of unbranched alkanes of at least 4 members (excludes halogenated alkanes) is 5. The van der Waals surface area contributed by atoms with Crippen LogP contribution in [0.1, 0.15) is 51.9 Å². The van der Waals surface area contributed by atoms with E-state index in [4.69, 9.17) is 0 Å². The average Bonchev–Trinajstić information content (AvgIpc) is 2.40. The molecule has 0 aromatic heterocycles. The summed E-state index contributed by atoms with van der Waals surface area (Å²) in [5, 5.41) is -6.88. The van der Waals surface area contributed by atoms with E-state index < -0.39 is 46.0 Å². The van der Waals surface area contributed by atoms with Crippen molar-refractivity contribution in [1.29, 1.82) is 0 Å². The summed E-state index contributed by atoms with van der Waals surface area (Å²) in [4.78, 5) is 0. The van der Waals surface area contributed by atoms with Crippen LogP contribution in [0.4, 0.5) is 35.1 Å². The Balaban J connectivity index is 0. The van der Waals surface area contributed by atoms with Crippen LogP contribution in [-0.2, 0) is 10.1 Å². The Labute approximate surface area is 162 Å². The van der Waals surface area contributed by atoms with Gasteiger partial charge in [-0.2, -0.15) is 35.1 Å². The minimum Gasteiger partial charge on any atom is -0.743 e. The largest absolute Gasteiger partial charge is 1.00 e. The first-order valence-corrected chi connectivity index (χ1v) is 8.43. The fraction of sp³-hybridized carbons (Fsp3) is 1.00. The molecule has 0 spiro atoms. The summed E-state index contributed by atoms with van der Waals surface area (Å²) in [6.45, 7) is 1.85. The number of rotatable bonds is 11. The Morgan fingerprint density at radius 1 is 0.760 bits per heavy atom. The second-order valence-corrected chi connectivity index (χ2v) is 6.76. The third-order valence-electron chi connectivity index (χ3n) is 3.38. The van der Waals surface area contributed by atoms with E-state index in [1.165, 1.54) is 0 Å². The van der Waals surface area contributed by atoms with Crippen LogP contribution in [0.25, 0.3) is 0 Å². The van der Waals surface area contributed by atoms with Crippen LogP contribution >= 0.6 is 0 Å². The number of hydrogen-bond acceptors (Lipinski definition) is 3. The van der Waals surface area contributed by atoms with Crippen LogP contribution in [0.15, 0.2) is 0 Å². The molecule has 0 aliphatic heterocycles. The molecule has 146 valence electrons. The number of halogens is 8. The molecule has 0 saturated carbocycles. The zero-order chi connectivity index (χ0) is 19.4. The molecule has 0 aromatic carbocycles. The monoisotopic (exact) mass is 416 g/mol. The van der Waals surface area contributed by atoms with Crippen LogP contribution in [-0.4, -0.2) is 36.0 Å². The summed E-state index contributed by atoms with van der Waals surface area (Å²) in [6, 6.07) is 0. The molecule has 0 saturated heterocycles. The zero-order valence-corrected chi connectivity index (χ0v) is 16.4. The van der Waals surface area contributed by atoms with Gasteiger partial charge >= 0.3 is 52.6 Å². The van der Waals surface area contributed by atoms with Gasteiger partial charge < -0.3 is 4.55 Å². The van der Waals surface area contributed by atoms with E-state index in [-0.39, 0.29) is 36.0 Å². The SMILES string of the molecule is CCCCCCCCC(F)(F)C(F)(F)C(F)(F)C(F)(F)S(=O)(=O)[O-].[Na+]. The van der Waals surface area contributed by atoms with Crippen molar-refractivity contribution < 1.29 is 77.7 Å². The molecular weight excluding hydrogens is 399 g/mol. The van der Waals surface area contributed by atoms with Gasteiger partial charge in [0.15, 0.2) is 10.1 Å². The second-order valence-electron chi connectivity index (χ2n) is 5.34. The molecule has 0 rings (SSSR count). The molecule has 0 aromatic rings. The topological polar surface area (TPSA) is 57.2 Å². The summed E-state index contributed by atoms with van der Waals surface area (Å²) in [7, 11) is -7.29. The van der Waals surface area contributed by atoms with Crippen molar-refractivity contribution in [2.75, 3.05) is 0 Å². The van der Waals surface area contributed by atoms with Crippen molar-refractivity contribution in [2.24, 2.45) is 0 Å². The molecule has 0 aliphatic carbocycles. The Morgan fingerprint density at radius 3 is 1.56 bits per heavy atom. The molecule has 0 aliphatic rings. The van der Waals surface area contributed by atoms with E-state index in [1.54, 1.807) is 0 Å². The van der Waals surface area contributed by atoms with Crippen molar-refractivity contribution in [3.63, 3.8) is 0 Å². The first-order chi connectivity index (χ1) is 10.6. The minimum atomic E-state index is -7.29. The van der Waals surface area contributed by atoms with Gasteiger partial charge in [-0.15, -0.1) is 0 Å². The van der Waals surface area contributed by atoms with Crippen LogP contribution in [0.2, 0.25) is 0 Å². The van der Waals surface area contributed by atoms with E-state index in [1.807, 2.05) is 6.92 Å². The molecule has 25 heavy (non-hydrogen) atoms. The fourth-order valence-electron chi connectivity index (χ4n) is 1.85. The Morgan fingerprint density at radius 2 is 1.16 bits per heavy atom. The quantitative estimate of drug-likeness (QED) is 0.223. The molecular formula is C12H17F8NaO3S. The van der Waals surface area contributed by atoms with Gasteiger partial charge in [0.05, 0.1) is 0 Å². The van der Waals surface area contributed by atoms with Crippen molar-refractivity contribution in [2.45, 2.75) is 74.9 Å². The van der Waals surface area contributed by atoms with Gasteiger partial charge in [-0.05, 0) is 6.42 Å². The van der Waals surface area contributed by atoms with Gasteiger partial charge in [-0.25, -0.2) is 8.42 Å². The van der Waals surface area contributed by atoms with Crippen LogP contribution in [0.5, 0.6) is 0 Å². The molecule has 0 heterocycles. The van der Waals surface area contributed by atoms with Gasteiger partial charge in [0.2, 0.25) is 0 Å². The van der Waals surface area contributed by atoms with Gasteiger partial charge in [0.25, 0.3) is 0 Å². The smallest absolute Gasteiger partial charge is 0.743 e. The maximum atomic E-state index is 13.3. The first-order valence-electron chi connectivity index (χ1n) is 7.03. The first kappa shape index (κ1) is 27.6. The molecule has 0 amide bonds. The normalized spacial score (nSPS) is 14.3. The summed E-state index contributed by atoms with van der Waals surface area (Å²) < 4.78 is 135. The summed E-state index contributed by atoms with van der Waals surface area (Å²) in [6.07, 6.45) is -0.0161. The van der Waals surface area contributed by atoms with Gasteiger partial charge in [-0.1, -0.05) is 39.0 Å². The molecule has 13 heteroatoms. The molecule has 0 bridgehead atoms. The number of alkyl halides is 8. The van der Waals surface area contributed by atoms with E-state index in [2.05, 4.69) is 0 Å². The van der Waals surface area contributed by atoms with Crippen LogP contribution in [0.3, 0.4) is 0 Å². The van der Waals surface area contributed by atoms with E-state index in [9.17, 15) is 48.1 Å². The Hall–Kier alpha value is 0.350. The third kappa shape index (κ3) is 5.91. The van der Waals surface area contributed by atoms with Gasteiger partial charge in [0, 0.05) is 6.42 Å².